The second-order valence-electron chi connectivity index (χ2n) is 4.92. The zero-order chi connectivity index (χ0) is 13.7. The summed E-state index contributed by atoms with van der Waals surface area (Å²) in [6.07, 6.45) is 0. The highest BCUT2D eigenvalue weighted by Crippen LogP contribution is 2.22. The SMILES string of the molecule is CC(C)C(=S)NC(c1ccccc1)c1ccccc1. The highest BCUT2D eigenvalue weighted by atomic mass is 32.1. The summed E-state index contributed by atoms with van der Waals surface area (Å²) < 4.78 is 0. The van der Waals surface area contributed by atoms with Gasteiger partial charge >= 0.3 is 0 Å². The Bertz CT molecular complexity index is 480. The van der Waals surface area contributed by atoms with Crippen molar-refractivity contribution in [2.45, 2.75) is 19.9 Å². The number of hydrogen-bond acceptors (Lipinski definition) is 1. The Morgan fingerprint density at radius 1 is 0.842 bits per heavy atom. The van der Waals surface area contributed by atoms with Crippen molar-refractivity contribution in [3.63, 3.8) is 0 Å². The van der Waals surface area contributed by atoms with Crippen LogP contribution in [0.5, 0.6) is 0 Å². The van der Waals surface area contributed by atoms with Gasteiger partial charge < -0.3 is 5.32 Å². The molecule has 0 saturated carbocycles. The van der Waals surface area contributed by atoms with Gasteiger partial charge in [-0.15, -0.1) is 0 Å². The summed E-state index contributed by atoms with van der Waals surface area (Å²) in [5.41, 5.74) is 2.47. The fraction of sp³-hybridized carbons (Fsp3) is 0.235. The normalized spacial score (nSPS) is 10.7. The van der Waals surface area contributed by atoms with E-state index in [4.69, 9.17) is 12.2 Å². The molecule has 1 N–H and O–H groups in total. The molecule has 2 heteroatoms. The van der Waals surface area contributed by atoms with E-state index in [-0.39, 0.29) is 6.04 Å². The second-order valence-corrected chi connectivity index (χ2v) is 5.36. The summed E-state index contributed by atoms with van der Waals surface area (Å²) >= 11 is 5.44. The van der Waals surface area contributed by atoms with E-state index in [1.54, 1.807) is 0 Å². The fourth-order valence-electron chi connectivity index (χ4n) is 1.96. The van der Waals surface area contributed by atoms with Crippen molar-refractivity contribution in [3.8, 4) is 0 Å². The topological polar surface area (TPSA) is 12.0 Å². The van der Waals surface area contributed by atoms with Gasteiger partial charge in [-0.3, -0.25) is 0 Å². The van der Waals surface area contributed by atoms with Gasteiger partial charge in [0.05, 0.1) is 11.0 Å². The first kappa shape index (κ1) is 13.8. The lowest BCUT2D eigenvalue weighted by atomic mass is 9.98. The molecule has 0 spiro atoms. The lowest BCUT2D eigenvalue weighted by Gasteiger charge is -2.23. The number of benzene rings is 2. The maximum Gasteiger partial charge on any atom is 0.0786 e. The van der Waals surface area contributed by atoms with Crippen LogP contribution in [0.1, 0.15) is 31.0 Å². The third kappa shape index (κ3) is 3.65. The molecule has 98 valence electrons. The molecule has 0 aliphatic carbocycles. The highest BCUT2D eigenvalue weighted by molar-refractivity contribution is 7.80. The van der Waals surface area contributed by atoms with E-state index < -0.39 is 0 Å². The van der Waals surface area contributed by atoms with Crippen LogP contribution >= 0.6 is 12.2 Å². The van der Waals surface area contributed by atoms with Crippen LogP contribution in [0.25, 0.3) is 0 Å². The maximum atomic E-state index is 5.44. The molecule has 0 atom stereocenters. The van der Waals surface area contributed by atoms with Crippen LogP contribution in [-0.4, -0.2) is 4.99 Å². The predicted octanol–water partition coefficient (Wildman–Crippen LogP) is 4.35. The van der Waals surface area contributed by atoms with Gasteiger partial charge in [0.2, 0.25) is 0 Å². The number of rotatable bonds is 4. The van der Waals surface area contributed by atoms with Crippen LogP contribution in [0.4, 0.5) is 0 Å². The van der Waals surface area contributed by atoms with Crippen LogP contribution in [0.2, 0.25) is 0 Å². The first-order valence-corrected chi connectivity index (χ1v) is 6.99. The van der Waals surface area contributed by atoms with E-state index in [2.05, 4.69) is 67.7 Å². The molecule has 0 aromatic heterocycles. The lowest BCUT2D eigenvalue weighted by molar-refractivity contribution is 0.725. The molecule has 0 radical (unpaired) electrons. The van der Waals surface area contributed by atoms with E-state index in [0.717, 1.165) is 4.99 Å². The Morgan fingerprint density at radius 2 is 1.26 bits per heavy atom. The molecular weight excluding hydrogens is 250 g/mol. The molecule has 2 rings (SSSR count). The van der Waals surface area contributed by atoms with Gasteiger partial charge in [-0.05, 0) is 11.1 Å². The quantitative estimate of drug-likeness (QED) is 0.828. The summed E-state index contributed by atoms with van der Waals surface area (Å²) in [5, 5.41) is 3.48. The van der Waals surface area contributed by atoms with Crippen molar-refractivity contribution in [1.29, 1.82) is 0 Å². The first-order valence-electron chi connectivity index (χ1n) is 6.58. The summed E-state index contributed by atoms with van der Waals surface area (Å²) in [6, 6.07) is 21.0. The Kier molecular flexibility index (Phi) is 4.69. The average Bonchev–Trinajstić information content (AvgIpc) is 2.46. The highest BCUT2D eigenvalue weighted by Gasteiger charge is 2.15. The molecule has 0 aliphatic rings. The third-order valence-corrected chi connectivity index (χ3v) is 3.67. The van der Waals surface area contributed by atoms with Gasteiger partial charge in [0.15, 0.2) is 0 Å². The summed E-state index contributed by atoms with van der Waals surface area (Å²) in [5.74, 6) is 0.352. The van der Waals surface area contributed by atoms with Crippen molar-refractivity contribution in [2.24, 2.45) is 5.92 Å². The Hall–Kier alpha value is -1.67. The molecule has 0 fully saturated rings. The van der Waals surface area contributed by atoms with Crippen LogP contribution in [0.15, 0.2) is 60.7 Å². The smallest absolute Gasteiger partial charge is 0.0786 e. The first-order chi connectivity index (χ1) is 9.18. The largest absolute Gasteiger partial charge is 0.369 e. The van der Waals surface area contributed by atoms with Crippen molar-refractivity contribution in [3.05, 3.63) is 71.8 Å². The van der Waals surface area contributed by atoms with Crippen LogP contribution in [0.3, 0.4) is 0 Å². The zero-order valence-corrected chi connectivity index (χ0v) is 12.2. The molecule has 0 aliphatic heterocycles. The van der Waals surface area contributed by atoms with Crippen LogP contribution < -0.4 is 5.32 Å². The van der Waals surface area contributed by atoms with Crippen LogP contribution in [-0.2, 0) is 0 Å². The van der Waals surface area contributed by atoms with Crippen molar-refractivity contribution in [2.75, 3.05) is 0 Å². The lowest BCUT2D eigenvalue weighted by Crippen LogP contribution is -2.31. The van der Waals surface area contributed by atoms with Gasteiger partial charge in [-0.25, -0.2) is 0 Å². The molecule has 0 amide bonds. The zero-order valence-electron chi connectivity index (χ0n) is 11.3. The molecule has 19 heavy (non-hydrogen) atoms. The molecular formula is C17H19NS. The summed E-state index contributed by atoms with van der Waals surface area (Å²) in [6.45, 7) is 4.23. The number of nitrogens with one attached hydrogen (secondary N) is 1. The minimum atomic E-state index is 0.122. The van der Waals surface area contributed by atoms with Gasteiger partial charge in [0.1, 0.15) is 0 Å². The van der Waals surface area contributed by atoms with Gasteiger partial charge in [-0.2, -0.15) is 0 Å². The summed E-state index contributed by atoms with van der Waals surface area (Å²) in [7, 11) is 0. The minimum Gasteiger partial charge on any atom is -0.369 e. The third-order valence-electron chi connectivity index (χ3n) is 3.08. The average molecular weight is 269 g/mol. The number of thiocarbonyl (C=S) groups is 1. The molecule has 2 aromatic carbocycles. The second kappa shape index (κ2) is 6.48. The van der Waals surface area contributed by atoms with E-state index >= 15 is 0 Å². The Balaban J connectivity index is 2.32. The van der Waals surface area contributed by atoms with Crippen molar-refractivity contribution in [1.82, 2.24) is 5.32 Å². The van der Waals surface area contributed by atoms with Gasteiger partial charge in [0.25, 0.3) is 0 Å². The molecule has 0 saturated heterocycles. The van der Waals surface area contributed by atoms with E-state index in [0.29, 0.717) is 5.92 Å². The van der Waals surface area contributed by atoms with Gasteiger partial charge in [0, 0.05) is 5.92 Å². The van der Waals surface area contributed by atoms with E-state index in [1.807, 2.05) is 12.1 Å². The fourth-order valence-corrected chi connectivity index (χ4v) is 2.08. The van der Waals surface area contributed by atoms with E-state index in [9.17, 15) is 0 Å². The number of hydrogen-bond donors (Lipinski definition) is 1. The molecule has 1 nitrogen and oxygen atoms in total. The van der Waals surface area contributed by atoms with Gasteiger partial charge in [-0.1, -0.05) is 86.7 Å². The molecule has 0 unspecified atom stereocenters. The Morgan fingerprint density at radius 3 is 1.63 bits per heavy atom. The van der Waals surface area contributed by atoms with Crippen molar-refractivity contribution >= 4 is 17.2 Å². The minimum absolute atomic E-state index is 0.122. The maximum absolute atomic E-state index is 5.44. The monoisotopic (exact) mass is 269 g/mol. The van der Waals surface area contributed by atoms with Crippen molar-refractivity contribution < 1.29 is 0 Å². The van der Waals surface area contributed by atoms with Crippen LogP contribution in [0, 0.1) is 5.92 Å². The standard InChI is InChI=1S/C17H19NS/c1-13(2)17(19)18-16(14-9-5-3-6-10-14)15-11-7-4-8-12-15/h3-13,16H,1-2H3,(H,18,19). The molecule has 0 bridgehead atoms. The Labute approximate surface area is 120 Å². The summed E-state index contributed by atoms with van der Waals surface area (Å²) in [4.78, 5) is 0.901. The molecule has 0 heterocycles. The molecule has 2 aromatic rings. The van der Waals surface area contributed by atoms with E-state index in [1.165, 1.54) is 11.1 Å². The predicted molar refractivity (Wildman–Crippen MR) is 85.3 cm³/mol.